The van der Waals surface area contributed by atoms with Crippen LogP contribution in [-0.2, 0) is 9.59 Å². The number of amides is 2. The minimum absolute atomic E-state index is 0.0225. The van der Waals surface area contributed by atoms with E-state index in [1.165, 1.54) is 10.3 Å². The molecule has 1 N–H and O–H groups in total. The number of fused-ring (bicyclic) bond motifs is 2. The molecule has 3 aromatic rings. The summed E-state index contributed by atoms with van der Waals surface area (Å²) in [5.41, 5.74) is 0.842. The van der Waals surface area contributed by atoms with E-state index < -0.39 is 0 Å². The monoisotopic (exact) mass is 414 g/mol. The van der Waals surface area contributed by atoms with Crippen LogP contribution in [0.4, 0.5) is 5.69 Å². The van der Waals surface area contributed by atoms with Crippen molar-refractivity contribution in [3.63, 3.8) is 0 Å². The molecule has 0 spiro atoms. The van der Waals surface area contributed by atoms with Gasteiger partial charge in [0.05, 0.1) is 18.5 Å². The molecule has 0 unspecified atom stereocenters. The fourth-order valence-electron chi connectivity index (χ4n) is 4.79. The minimum atomic E-state index is -0.129. The topological polar surface area (TPSA) is 58.6 Å². The highest BCUT2D eigenvalue weighted by atomic mass is 16.5. The summed E-state index contributed by atoms with van der Waals surface area (Å²) in [6.45, 7) is 2.38. The highest BCUT2D eigenvalue weighted by Crippen LogP contribution is 2.40. The van der Waals surface area contributed by atoms with Crippen molar-refractivity contribution in [3.8, 4) is 11.5 Å². The number of carbonyl (C=O) groups excluding carboxylic acids is 2. The third-order valence-corrected chi connectivity index (χ3v) is 6.53. The van der Waals surface area contributed by atoms with Gasteiger partial charge in [0, 0.05) is 5.69 Å². The van der Waals surface area contributed by atoms with Gasteiger partial charge in [-0.3, -0.25) is 14.5 Å². The van der Waals surface area contributed by atoms with Crippen LogP contribution in [0.2, 0.25) is 0 Å². The number of rotatable bonds is 5. The van der Waals surface area contributed by atoms with E-state index in [4.69, 9.17) is 4.74 Å². The number of hydrogen-bond donors (Lipinski definition) is 1. The molecule has 2 aliphatic rings. The van der Waals surface area contributed by atoms with Crippen molar-refractivity contribution in [2.75, 3.05) is 12.0 Å². The molecular formula is C26H26N2O3. The van der Waals surface area contributed by atoms with Crippen molar-refractivity contribution in [3.05, 3.63) is 66.7 Å². The third-order valence-electron chi connectivity index (χ3n) is 6.53. The van der Waals surface area contributed by atoms with Crippen molar-refractivity contribution in [1.29, 1.82) is 0 Å². The van der Waals surface area contributed by atoms with Gasteiger partial charge in [0.1, 0.15) is 11.5 Å². The van der Waals surface area contributed by atoms with Crippen molar-refractivity contribution in [1.82, 2.24) is 4.90 Å². The van der Waals surface area contributed by atoms with Crippen molar-refractivity contribution >= 4 is 28.3 Å². The Labute approximate surface area is 182 Å². The Morgan fingerprint density at radius 1 is 0.871 bits per heavy atom. The molecule has 31 heavy (non-hydrogen) atoms. The Balaban J connectivity index is 1.21. The smallest absolute Gasteiger partial charge is 0.234 e. The molecule has 0 aromatic heterocycles. The number of benzene rings is 3. The van der Waals surface area contributed by atoms with Crippen molar-refractivity contribution < 1.29 is 14.3 Å². The number of likely N-dealkylation sites (tertiary alicyclic amines) is 1. The maximum atomic E-state index is 12.7. The highest BCUT2D eigenvalue weighted by molar-refractivity contribution is 6.05. The number of imide groups is 1. The largest absolute Gasteiger partial charge is 0.457 e. The van der Waals surface area contributed by atoms with E-state index in [2.05, 4.69) is 24.4 Å². The van der Waals surface area contributed by atoms with E-state index in [-0.39, 0.29) is 30.3 Å². The Bertz CT molecular complexity index is 1120. The number of anilines is 1. The van der Waals surface area contributed by atoms with E-state index >= 15 is 0 Å². The van der Waals surface area contributed by atoms with Gasteiger partial charge in [-0.15, -0.1) is 0 Å². The molecule has 2 amide bonds. The van der Waals surface area contributed by atoms with E-state index in [0.29, 0.717) is 5.92 Å². The first kappa shape index (κ1) is 19.6. The maximum absolute atomic E-state index is 12.7. The summed E-state index contributed by atoms with van der Waals surface area (Å²) in [7, 11) is 0. The van der Waals surface area contributed by atoms with Crippen LogP contribution in [0.15, 0.2) is 66.7 Å². The Morgan fingerprint density at radius 3 is 2.39 bits per heavy atom. The lowest BCUT2D eigenvalue weighted by Gasteiger charge is -2.25. The van der Waals surface area contributed by atoms with Crippen LogP contribution in [0.1, 0.15) is 26.2 Å². The quantitative estimate of drug-likeness (QED) is 0.566. The van der Waals surface area contributed by atoms with Gasteiger partial charge >= 0.3 is 0 Å². The second-order valence-corrected chi connectivity index (χ2v) is 8.71. The molecule has 5 nitrogen and oxygen atoms in total. The average Bonchev–Trinajstić information content (AvgIpc) is 3.02. The lowest BCUT2D eigenvalue weighted by molar-refractivity contribution is -0.139. The number of nitrogens with zero attached hydrogens (tertiary/aromatic N) is 1. The van der Waals surface area contributed by atoms with Gasteiger partial charge < -0.3 is 10.1 Å². The molecule has 1 saturated carbocycles. The molecule has 1 aliphatic carbocycles. The van der Waals surface area contributed by atoms with Gasteiger partial charge in [0.25, 0.3) is 0 Å². The number of hydrogen-bond acceptors (Lipinski definition) is 4. The lowest BCUT2D eigenvalue weighted by atomic mass is 9.76. The van der Waals surface area contributed by atoms with Gasteiger partial charge in [-0.2, -0.15) is 0 Å². The standard InChI is InChI=1S/C26H26N2O3/c1-17-6-13-23-24(14-17)26(30)28(25(23)29)16-27-20-8-11-21(12-9-20)31-22-10-7-18-4-2-3-5-19(18)15-22/h2-5,7-12,15,17,23-24,27H,6,13-14,16H2,1H3/t17-,23+,24-/m1/s1. The van der Waals surface area contributed by atoms with Crippen LogP contribution >= 0.6 is 0 Å². The van der Waals surface area contributed by atoms with Gasteiger partial charge in [0.2, 0.25) is 11.8 Å². The van der Waals surface area contributed by atoms with Crippen LogP contribution in [0, 0.1) is 17.8 Å². The summed E-state index contributed by atoms with van der Waals surface area (Å²) >= 11 is 0. The molecule has 3 atom stereocenters. The Morgan fingerprint density at radius 2 is 1.58 bits per heavy atom. The zero-order valence-corrected chi connectivity index (χ0v) is 17.6. The molecular weight excluding hydrogens is 388 g/mol. The highest BCUT2D eigenvalue weighted by Gasteiger charge is 2.49. The van der Waals surface area contributed by atoms with E-state index in [1.807, 2.05) is 54.6 Å². The molecule has 1 heterocycles. The summed E-state index contributed by atoms with van der Waals surface area (Å²) in [5.74, 6) is 1.73. The molecule has 5 rings (SSSR count). The van der Waals surface area contributed by atoms with Crippen LogP contribution in [0.3, 0.4) is 0 Å². The fraction of sp³-hybridized carbons (Fsp3) is 0.308. The third kappa shape index (κ3) is 3.88. The van der Waals surface area contributed by atoms with Gasteiger partial charge in [-0.25, -0.2) is 0 Å². The summed E-state index contributed by atoms with van der Waals surface area (Å²) in [6.07, 6.45) is 2.68. The predicted octanol–water partition coefficient (Wildman–Crippen LogP) is 5.42. The molecule has 0 bridgehead atoms. The Kier molecular flexibility index (Phi) is 5.10. The molecule has 2 fully saturated rings. The first-order valence-corrected chi connectivity index (χ1v) is 10.9. The maximum Gasteiger partial charge on any atom is 0.234 e. The van der Waals surface area contributed by atoms with Crippen molar-refractivity contribution in [2.24, 2.45) is 17.8 Å². The van der Waals surface area contributed by atoms with Crippen molar-refractivity contribution in [2.45, 2.75) is 26.2 Å². The van der Waals surface area contributed by atoms with Crippen LogP contribution < -0.4 is 10.1 Å². The summed E-state index contributed by atoms with van der Waals surface area (Å²) in [4.78, 5) is 26.8. The van der Waals surface area contributed by atoms with Crippen LogP contribution in [-0.4, -0.2) is 23.4 Å². The normalized spacial score (nSPS) is 23.1. The molecule has 1 aliphatic heterocycles. The summed E-state index contributed by atoms with van der Waals surface area (Å²) in [5, 5.41) is 5.52. The lowest BCUT2D eigenvalue weighted by Crippen LogP contribution is -2.35. The Hall–Kier alpha value is -3.34. The first-order chi connectivity index (χ1) is 15.1. The number of ether oxygens (including phenoxy) is 1. The first-order valence-electron chi connectivity index (χ1n) is 10.9. The molecule has 5 heteroatoms. The second-order valence-electron chi connectivity index (χ2n) is 8.71. The molecule has 0 radical (unpaired) electrons. The van der Waals surface area contributed by atoms with E-state index in [1.54, 1.807) is 0 Å². The van der Waals surface area contributed by atoms with Gasteiger partial charge in [0.15, 0.2) is 0 Å². The van der Waals surface area contributed by atoms with Crippen LogP contribution in [0.5, 0.6) is 11.5 Å². The summed E-state index contributed by atoms with van der Waals surface area (Å²) < 4.78 is 5.98. The second kappa shape index (κ2) is 8.06. The van der Waals surface area contributed by atoms with Gasteiger partial charge in [-0.05, 0) is 72.4 Å². The zero-order chi connectivity index (χ0) is 21.4. The molecule has 158 valence electrons. The fourth-order valence-corrected chi connectivity index (χ4v) is 4.79. The van der Waals surface area contributed by atoms with Crippen LogP contribution in [0.25, 0.3) is 10.8 Å². The van der Waals surface area contributed by atoms with E-state index in [0.717, 1.165) is 41.8 Å². The SMILES string of the molecule is C[C@@H]1CC[C@@H]2C(=O)N(CNc3ccc(Oc4ccc5ccccc5c4)cc3)C(=O)[C@@H]2C1. The molecule has 1 saturated heterocycles. The predicted molar refractivity (Wildman–Crippen MR) is 121 cm³/mol. The molecule has 3 aromatic carbocycles. The summed E-state index contributed by atoms with van der Waals surface area (Å²) in [6, 6.07) is 21.8. The average molecular weight is 415 g/mol. The van der Waals surface area contributed by atoms with Gasteiger partial charge in [-0.1, -0.05) is 37.3 Å². The minimum Gasteiger partial charge on any atom is -0.457 e. The number of carbonyl (C=O) groups is 2. The zero-order valence-electron chi connectivity index (χ0n) is 17.6. The van der Waals surface area contributed by atoms with E-state index in [9.17, 15) is 9.59 Å². The number of nitrogens with one attached hydrogen (secondary N) is 1.